The number of halogens is 1. The minimum absolute atomic E-state index is 0.0100. The first-order chi connectivity index (χ1) is 11.7. The molecule has 24 heavy (non-hydrogen) atoms. The lowest BCUT2D eigenvalue weighted by atomic mass is 10.00. The Morgan fingerprint density at radius 3 is 2.54 bits per heavy atom. The Kier molecular flexibility index (Phi) is 4.17. The lowest BCUT2D eigenvalue weighted by Crippen LogP contribution is -2.38. The fourth-order valence-electron chi connectivity index (χ4n) is 3.31. The summed E-state index contributed by atoms with van der Waals surface area (Å²) in [6, 6.07) is 11.9. The molecular formula is C19H19ClN2O2. The van der Waals surface area contributed by atoms with E-state index in [1.165, 1.54) is 11.1 Å². The number of anilines is 1. The van der Waals surface area contributed by atoms with Crippen LogP contribution in [0.1, 0.15) is 16.7 Å². The summed E-state index contributed by atoms with van der Waals surface area (Å²) < 4.78 is 5.70. The standard InChI is InChI=1S/C19H19ClN2O2/c20-16-3-1-13(2-4-16)11-22-17-9-14-5-7-21-8-6-15(14)10-18(17)24-12-19(22)23/h1-4,9-10,21H,5-8,11-12H2. The number of hydrogen-bond acceptors (Lipinski definition) is 3. The summed E-state index contributed by atoms with van der Waals surface area (Å²) in [6.07, 6.45) is 1.97. The Morgan fingerprint density at radius 2 is 1.79 bits per heavy atom. The highest BCUT2D eigenvalue weighted by Gasteiger charge is 2.27. The molecule has 0 saturated heterocycles. The molecule has 2 aromatic rings. The molecule has 0 atom stereocenters. The van der Waals surface area contributed by atoms with Gasteiger partial charge in [-0.15, -0.1) is 0 Å². The van der Waals surface area contributed by atoms with E-state index in [4.69, 9.17) is 16.3 Å². The summed E-state index contributed by atoms with van der Waals surface area (Å²) in [5.41, 5.74) is 4.55. The summed E-state index contributed by atoms with van der Waals surface area (Å²) in [5, 5.41) is 4.12. The number of ether oxygens (including phenoxy) is 1. The van der Waals surface area contributed by atoms with Gasteiger partial charge in [0.2, 0.25) is 0 Å². The molecule has 0 bridgehead atoms. The molecule has 5 heteroatoms. The normalized spacial score (nSPS) is 16.9. The zero-order valence-electron chi connectivity index (χ0n) is 13.3. The molecule has 2 aliphatic heterocycles. The average molecular weight is 343 g/mol. The Hall–Kier alpha value is -2.04. The lowest BCUT2D eigenvalue weighted by Gasteiger charge is -2.30. The first kappa shape index (κ1) is 15.5. The summed E-state index contributed by atoms with van der Waals surface area (Å²) in [4.78, 5) is 14.2. The quantitative estimate of drug-likeness (QED) is 0.912. The smallest absolute Gasteiger partial charge is 0.265 e. The Labute approximate surface area is 146 Å². The van der Waals surface area contributed by atoms with Crippen molar-refractivity contribution in [2.24, 2.45) is 0 Å². The number of hydrogen-bond donors (Lipinski definition) is 1. The Balaban J connectivity index is 1.70. The van der Waals surface area contributed by atoms with Gasteiger partial charge in [0.25, 0.3) is 5.91 Å². The SMILES string of the molecule is O=C1COc2cc3c(cc2N1Cc1ccc(Cl)cc1)CCNCC3. The monoisotopic (exact) mass is 342 g/mol. The van der Waals surface area contributed by atoms with Gasteiger partial charge in [0.1, 0.15) is 5.75 Å². The van der Waals surface area contributed by atoms with E-state index in [0.29, 0.717) is 11.6 Å². The first-order valence-electron chi connectivity index (χ1n) is 8.25. The van der Waals surface area contributed by atoms with E-state index in [2.05, 4.69) is 17.4 Å². The van der Waals surface area contributed by atoms with Gasteiger partial charge in [0.15, 0.2) is 6.61 Å². The predicted octanol–water partition coefficient (Wildman–Crippen LogP) is 2.95. The highest BCUT2D eigenvalue weighted by atomic mass is 35.5. The molecule has 2 heterocycles. The third-order valence-corrected chi connectivity index (χ3v) is 4.87. The van der Waals surface area contributed by atoms with E-state index in [9.17, 15) is 4.79 Å². The molecule has 4 nitrogen and oxygen atoms in total. The summed E-state index contributed by atoms with van der Waals surface area (Å²) in [7, 11) is 0. The van der Waals surface area contributed by atoms with Crippen molar-refractivity contribution in [3.8, 4) is 5.75 Å². The van der Waals surface area contributed by atoms with Crippen molar-refractivity contribution in [3.05, 3.63) is 58.1 Å². The van der Waals surface area contributed by atoms with Crippen LogP contribution < -0.4 is 15.0 Å². The topological polar surface area (TPSA) is 41.6 Å². The van der Waals surface area contributed by atoms with Gasteiger partial charge in [-0.25, -0.2) is 0 Å². The number of amides is 1. The van der Waals surface area contributed by atoms with Crippen LogP contribution in [0.5, 0.6) is 5.75 Å². The number of nitrogens with zero attached hydrogens (tertiary/aromatic N) is 1. The van der Waals surface area contributed by atoms with E-state index in [0.717, 1.165) is 42.9 Å². The van der Waals surface area contributed by atoms with Crippen LogP contribution in [0.3, 0.4) is 0 Å². The highest BCUT2D eigenvalue weighted by Crippen LogP contribution is 2.36. The third-order valence-electron chi connectivity index (χ3n) is 4.62. The van der Waals surface area contributed by atoms with Crippen LogP contribution in [-0.2, 0) is 24.2 Å². The van der Waals surface area contributed by atoms with Gasteiger partial charge in [-0.05, 0) is 66.9 Å². The van der Waals surface area contributed by atoms with E-state index in [-0.39, 0.29) is 12.5 Å². The molecule has 1 amide bonds. The Bertz CT molecular complexity index is 774. The Morgan fingerprint density at radius 1 is 1.08 bits per heavy atom. The maximum atomic E-state index is 12.4. The van der Waals surface area contributed by atoms with Crippen molar-refractivity contribution in [3.63, 3.8) is 0 Å². The largest absolute Gasteiger partial charge is 0.482 e. The van der Waals surface area contributed by atoms with Crippen molar-refractivity contribution >= 4 is 23.2 Å². The third kappa shape index (κ3) is 2.99. The molecule has 124 valence electrons. The summed E-state index contributed by atoms with van der Waals surface area (Å²) >= 11 is 5.95. The summed E-state index contributed by atoms with van der Waals surface area (Å²) in [5.74, 6) is 0.799. The van der Waals surface area contributed by atoms with Gasteiger partial charge in [0, 0.05) is 5.02 Å². The van der Waals surface area contributed by atoms with Gasteiger partial charge >= 0.3 is 0 Å². The molecule has 0 saturated carbocycles. The molecule has 0 aliphatic carbocycles. The second-order valence-electron chi connectivity index (χ2n) is 6.23. The van der Waals surface area contributed by atoms with E-state index in [1.807, 2.05) is 29.2 Å². The van der Waals surface area contributed by atoms with Crippen molar-refractivity contribution in [1.82, 2.24) is 5.32 Å². The van der Waals surface area contributed by atoms with Gasteiger partial charge in [-0.1, -0.05) is 23.7 Å². The fraction of sp³-hybridized carbons (Fsp3) is 0.316. The maximum Gasteiger partial charge on any atom is 0.265 e. The molecule has 0 fully saturated rings. The van der Waals surface area contributed by atoms with Crippen LogP contribution in [0, 0.1) is 0 Å². The zero-order chi connectivity index (χ0) is 16.5. The van der Waals surface area contributed by atoms with Crippen LogP contribution in [0.2, 0.25) is 5.02 Å². The number of fused-ring (bicyclic) bond motifs is 2. The van der Waals surface area contributed by atoms with Gasteiger partial charge < -0.3 is 15.0 Å². The molecule has 0 unspecified atom stereocenters. The van der Waals surface area contributed by atoms with Gasteiger partial charge in [0.05, 0.1) is 12.2 Å². The molecule has 1 N–H and O–H groups in total. The average Bonchev–Trinajstić information content (AvgIpc) is 2.82. The highest BCUT2D eigenvalue weighted by molar-refractivity contribution is 6.30. The zero-order valence-corrected chi connectivity index (χ0v) is 14.1. The van der Waals surface area contributed by atoms with Crippen molar-refractivity contribution < 1.29 is 9.53 Å². The molecule has 4 rings (SSSR count). The molecule has 0 radical (unpaired) electrons. The number of carbonyl (C=O) groups is 1. The molecule has 0 spiro atoms. The number of benzene rings is 2. The van der Waals surface area contributed by atoms with Crippen LogP contribution in [0.15, 0.2) is 36.4 Å². The van der Waals surface area contributed by atoms with Crippen LogP contribution in [0.4, 0.5) is 5.69 Å². The fourth-order valence-corrected chi connectivity index (χ4v) is 3.44. The number of nitrogens with one attached hydrogen (secondary N) is 1. The molecule has 2 aliphatic rings. The summed E-state index contributed by atoms with van der Waals surface area (Å²) in [6.45, 7) is 2.58. The van der Waals surface area contributed by atoms with Gasteiger partial charge in [-0.3, -0.25) is 4.79 Å². The van der Waals surface area contributed by atoms with Crippen molar-refractivity contribution in [2.45, 2.75) is 19.4 Å². The van der Waals surface area contributed by atoms with Crippen molar-refractivity contribution in [1.29, 1.82) is 0 Å². The van der Waals surface area contributed by atoms with Gasteiger partial charge in [-0.2, -0.15) is 0 Å². The predicted molar refractivity (Wildman–Crippen MR) is 94.9 cm³/mol. The van der Waals surface area contributed by atoms with E-state index >= 15 is 0 Å². The first-order valence-corrected chi connectivity index (χ1v) is 8.62. The molecule has 0 aromatic heterocycles. The van der Waals surface area contributed by atoms with Crippen LogP contribution in [-0.4, -0.2) is 25.6 Å². The molecule has 2 aromatic carbocycles. The second-order valence-corrected chi connectivity index (χ2v) is 6.67. The van der Waals surface area contributed by atoms with E-state index in [1.54, 1.807) is 0 Å². The maximum absolute atomic E-state index is 12.4. The number of rotatable bonds is 2. The second kappa shape index (κ2) is 6.46. The van der Waals surface area contributed by atoms with Crippen molar-refractivity contribution in [2.75, 3.05) is 24.6 Å². The van der Waals surface area contributed by atoms with Crippen LogP contribution in [0.25, 0.3) is 0 Å². The minimum atomic E-state index is -0.0100. The minimum Gasteiger partial charge on any atom is -0.482 e. The molecular weight excluding hydrogens is 324 g/mol. The van der Waals surface area contributed by atoms with Crippen LogP contribution >= 0.6 is 11.6 Å². The van der Waals surface area contributed by atoms with E-state index < -0.39 is 0 Å². The number of carbonyl (C=O) groups excluding carboxylic acids is 1. The lowest BCUT2D eigenvalue weighted by molar-refractivity contribution is -0.121.